The van der Waals surface area contributed by atoms with Gasteiger partial charge in [0.1, 0.15) is 11.4 Å². The highest BCUT2D eigenvalue weighted by Crippen LogP contribution is 2.09. The summed E-state index contributed by atoms with van der Waals surface area (Å²) in [6.45, 7) is 7.30. The number of hydrogen-bond donors (Lipinski definition) is 0. The molecule has 0 bridgehead atoms. The van der Waals surface area contributed by atoms with Crippen LogP contribution in [-0.2, 0) is 16.1 Å². The van der Waals surface area contributed by atoms with Crippen molar-refractivity contribution >= 4 is 5.97 Å². The van der Waals surface area contributed by atoms with Gasteiger partial charge in [0.15, 0.2) is 0 Å². The molecular weight excluding hydrogens is 248 g/mol. The van der Waals surface area contributed by atoms with E-state index in [-0.39, 0.29) is 5.97 Å². The van der Waals surface area contributed by atoms with Crippen LogP contribution in [0.15, 0.2) is 4.63 Å². The van der Waals surface area contributed by atoms with E-state index in [2.05, 4.69) is 24.9 Å². The zero-order valence-corrected chi connectivity index (χ0v) is 11.5. The molecule has 1 saturated heterocycles. The fourth-order valence-electron chi connectivity index (χ4n) is 2.13. The Balaban J connectivity index is 1.70. The van der Waals surface area contributed by atoms with Gasteiger partial charge < -0.3 is 9.64 Å². The van der Waals surface area contributed by atoms with E-state index in [1.54, 1.807) is 0 Å². The molecule has 19 heavy (non-hydrogen) atoms. The summed E-state index contributed by atoms with van der Waals surface area (Å²) in [4.78, 5) is 15.7. The molecular formula is C12H20N4O3. The average Bonchev–Trinajstić information content (AvgIpc) is 2.83. The van der Waals surface area contributed by atoms with Crippen LogP contribution < -0.4 is 0 Å². The molecule has 2 heterocycles. The summed E-state index contributed by atoms with van der Waals surface area (Å²) < 4.78 is 9.34. The Labute approximate surface area is 112 Å². The summed E-state index contributed by atoms with van der Waals surface area (Å²) in [5.74, 6) is -0.147. The Hall–Kier alpha value is -1.47. The van der Waals surface area contributed by atoms with Crippen LogP contribution in [-0.4, -0.2) is 65.9 Å². The van der Waals surface area contributed by atoms with Crippen molar-refractivity contribution in [1.82, 2.24) is 20.1 Å². The molecule has 7 nitrogen and oxygen atoms in total. The quantitative estimate of drug-likeness (QED) is 0.699. The monoisotopic (exact) mass is 268 g/mol. The van der Waals surface area contributed by atoms with Gasteiger partial charge in [0.05, 0.1) is 13.5 Å². The van der Waals surface area contributed by atoms with Crippen molar-refractivity contribution in [3.8, 4) is 0 Å². The maximum Gasteiger partial charge on any atom is 0.306 e. The van der Waals surface area contributed by atoms with E-state index in [9.17, 15) is 4.79 Å². The van der Waals surface area contributed by atoms with Gasteiger partial charge in [-0.15, -0.1) is 0 Å². The van der Waals surface area contributed by atoms with Gasteiger partial charge in [0.25, 0.3) is 0 Å². The summed E-state index contributed by atoms with van der Waals surface area (Å²) in [6, 6.07) is 0. The minimum atomic E-state index is -0.147. The third-order valence-corrected chi connectivity index (χ3v) is 3.44. The zero-order valence-electron chi connectivity index (χ0n) is 11.5. The average molecular weight is 268 g/mol. The lowest BCUT2D eigenvalue weighted by Crippen LogP contribution is -2.46. The van der Waals surface area contributed by atoms with Gasteiger partial charge in [-0.2, -0.15) is 0 Å². The van der Waals surface area contributed by atoms with Crippen molar-refractivity contribution in [3.05, 3.63) is 11.4 Å². The highest BCUT2D eigenvalue weighted by Gasteiger charge is 2.19. The van der Waals surface area contributed by atoms with Gasteiger partial charge in [0, 0.05) is 39.3 Å². The number of rotatable bonds is 5. The summed E-state index contributed by atoms with van der Waals surface area (Å²) >= 11 is 0. The molecule has 0 atom stereocenters. The van der Waals surface area contributed by atoms with Crippen LogP contribution in [0.25, 0.3) is 0 Å². The van der Waals surface area contributed by atoms with Crippen molar-refractivity contribution < 1.29 is 14.2 Å². The molecule has 0 aliphatic carbocycles. The lowest BCUT2D eigenvalue weighted by molar-refractivity contribution is -0.141. The number of nitrogens with zero attached hydrogens (tertiary/aromatic N) is 4. The SMILES string of the molecule is COC(=O)CCN1CCN(Cc2nonc2C)CC1. The minimum absolute atomic E-state index is 0.147. The molecule has 0 amide bonds. The summed E-state index contributed by atoms with van der Waals surface area (Å²) in [5.41, 5.74) is 1.76. The van der Waals surface area contributed by atoms with E-state index >= 15 is 0 Å². The van der Waals surface area contributed by atoms with E-state index in [1.165, 1.54) is 7.11 Å². The maximum atomic E-state index is 11.1. The Morgan fingerprint density at radius 2 is 1.95 bits per heavy atom. The van der Waals surface area contributed by atoms with Crippen LogP contribution in [0.4, 0.5) is 0 Å². The van der Waals surface area contributed by atoms with Crippen LogP contribution in [0.1, 0.15) is 17.8 Å². The van der Waals surface area contributed by atoms with Crippen LogP contribution in [0.5, 0.6) is 0 Å². The first-order chi connectivity index (χ1) is 9.19. The number of esters is 1. The van der Waals surface area contributed by atoms with Crippen molar-refractivity contribution in [2.45, 2.75) is 19.9 Å². The molecule has 0 radical (unpaired) electrons. The van der Waals surface area contributed by atoms with Crippen LogP contribution in [0.2, 0.25) is 0 Å². The largest absolute Gasteiger partial charge is 0.469 e. The molecule has 1 fully saturated rings. The summed E-state index contributed by atoms with van der Waals surface area (Å²) in [5, 5.41) is 7.68. The third kappa shape index (κ3) is 4.00. The lowest BCUT2D eigenvalue weighted by Gasteiger charge is -2.33. The van der Waals surface area contributed by atoms with Crippen molar-refractivity contribution in [3.63, 3.8) is 0 Å². The first-order valence-corrected chi connectivity index (χ1v) is 6.48. The highest BCUT2D eigenvalue weighted by molar-refractivity contribution is 5.69. The first kappa shape index (κ1) is 14.0. The van der Waals surface area contributed by atoms with E-state index in [0.717, 1.165) is 50.7 Å². The van der Waals surface area contributed by atoms with Gasteiger partial charge in [-0.05, 0) is 6.92 Å². The van der Waals surface area contributed by atoms with Crippen LogP contribution >= 0.6 is 0 Å². The predicted molar refractivity (Wildman–Crippen MR) is 67.4 cm³/mol. The Morgan fingerprint density at radius 1 is 1.26 bits per heavy atom. The van der Waals surface area contributed by atoms with Gasteiger partial charge in [-0.3, -0.25) is 9.69 Å². The molecule has 1 aromatic rings. The van der Waals surface area contributed by atoms with Crippen molar-refractivity contribution in [2.24, 2.45) is 0 Å². The molecule has 106 valence electrons. The Kier molecular flexibility index (Phi) is 4.86. The molecule has 0 aromatic carbocycles. The number of aryl methyl sites for hydroxylation is 1. The lowest BCUT2D eigenvalue weighted by atomic mass is 10.2. The van der Waals surface area contributed by atoms with E-state index in [0.29, 0.717) is 6.42 Å². The zero-order chi connectivity index (χ0) is 13.7. The third-order valence-electron chi connectivity index (χ3n) is 3.44. The molecule has 0 unspecified atom stereocenters. The second-order valence-corrected chi connectivity index (χ2v) is 4.74. The standard InChI is InChI=1S/C12H20N4O3/c1-10-11(14-19-13-10)9-16-7-5-15(6-8-16)4-3-12(17)18-2/h3-9H2,1-2H3. The first-order valence-electron chi connectivity index (χ1n) is 6.48. The Morgan fingerprint density at radius 3 is 2.53 bits per heavy atom. The van der Waals surface area contributed by atoms with E-state index in [4.69, 9.17) is 4.63 Å². The van der Waals surface area contributed by atoms with Crippen LogP contribution in [0.3, 0.4) is 0 Å². The normalized spacial score (nSPS) is 17.6. The fraction of sp³-hybridized carbons (Fsp3) is 0.750. The fourth-order valence-corrected chi connectivity index (χ4v) is 2.13. The number of carbonyl (C=O) groups excluding carboxylic acids is 1. The van der Waals surface area contributed by atoms with Crippen molar-refractivity contribution in [2.75, 3.05) is 39.8 Å². The number of aromatic nitrogens is 2. The molecule has 0 saturated carbocycles. The molecule has 1 aliphatic heterocycles. The second kappa shape index (κ2) is 6.63. The summed E-state index contributed by atoms with van der Waals surface area (Å²) in [6.07, 6.45) is 0.461. The van der Waals surface area contributed by atoms with Crippen molar-refractivity contribution in [1.29, 1.82) is 0 Å². The number of methoxy groups -OCH3 is 1. The van der Waals surface area contributed by atoms with Gasteiger partial charge in [-0.1, -0.05) is 10.3 Å². The number of carbonyl (C=O) groups is 1. The molecule has 7 heteroatoms. The minimum Gasteiger partial charge on any atom is -0.469 e. The molecule has 0 N–H and O–H groups in total. The van der Waals surface area contributed by atoms with E-state index in [1.807, 2.05) is 6.92 Å². The van der Waals surface area contributed by atoms with Gasteiger partial charge in [-0.25, -0.2) is 4.63 Å². The van der Waals surface area contributed by atoms with E-state index < -0.39 is 0 Å². The van der Waals surface area contributed by atoms with Gasteiger partial charge >= 0.3 is 5.97 Å². The Bertz CT molecular complexity index is 413. The molecule has 1 aromatic heterocycles. The predicted octanol–water partition coefficient (Wildman–Crippen LogP) is 0.0587. The summed E-state index contributed by atoms with van der Waals surface area (Å²) in [7, 11) is 1.43. The van der Waals surface area contributed by atoms with Gasteiger partial charge in [0.2, 0.25) is 0 Å². The number of piperazine rings is 1. The maximum absolute atomic E-state index is 11.1. The number of hydrogen-bond acceptors (Lipinski definition) is 7. The number of ether oxygens (including phenoxy) is 1. The smallest absolute Gasteiger partial charge is 0.306 e. The highest BCUT2D eigenvalue weighted by atomic mass is 16.6. The molecule has 1 aliphatic rings. The molecule has 0 spiro atoms. The second-order valence-electron chi connectivity index (χ2n) is 4.74. The van der Waals surface area contributed by atoms with Crippen LogP contribution in [0, 0.1) is 6.92 Å². The molecule has 2 rings (SSSR count). The topological polar surface area (TPSA) is 71.7 Å².